The molecular formula is C15H19BrFN3. The topological polar surface area (TPSA) is 43.8 Å². The molecule has 1 aromatic carbocycles. The highest BCUT2D eigenvalue weighted by atomic mass is 79.9. The fourth-order valence-corrected chi connectivity index (χ4v) is 2.74. The molecule has 1 atom stereocenters. The lowest BCUT2D eigenvalue weighted by Crippen LogP contribution is -2.36. The van der Waals surface area contributed by atoms with Gasteiger partial charge < -0.3 is 5.73 Å². The molecule has 1 unspecified atom stereocenters. The molecule has 0 amide bonds. The van der Waals surface area contributed by atoms with Gasteiger partial charge in [-0.1, -0.05) is 12.1 Å². The normalized spacial score (nSPS) is 14.3. The molecule has 0 spiro atoms. The number of aromatic nitrogens is 2. The summed E-state index contributed by atoms with van der Waals surface area (Å²) in [6, 6.07) is 6.36. The highest BCUT2D eigenvalue weighted by molar-refractivity contribution is 9.10. The minimum atomic E-state index is -0.574. The lowest BCUT2D eigenvalue weighted by Gasteiger charge is -2.26. The summed E-state index contributed by atoms with van der Waals surface area (Å²) in [5.74, 6) is -0.250. The Morgan fingerprint density at radius 3 is 2.50 bits per heavy atom. The average molecular weight is 340 g/mol. The minimum Gasteiger partial charge on any atom is -0.321 e. The van der Waals surface area contributed by atoms with Gasteiger partial charge >= 0.3 is 0 Å². The van der Waals surface area contributed by atoms with Crippen molar-refractivity contribution in [3.63, 3.8) is 0 Å². The van der Waals surface area contributed by atoms with Crippen LogP contribution in [0.25, 0.3) is 0 Å². The highest BCUT2D eigenvalue weighted by Crippen LogP contribution is 2.29. The van der Waals surface area contributed by atoms with Gasteiger partial charge in [0.25, 0.3) is 0 Å². The Morgan fingerprint density at radius 1 is 1.35 bits per heavy atom. The van der Waals surface area contributed by atoms with E-state index >= 15 is 0 Å². The molecule has 0 saturated carbocycles. The summed E-state index contributed by atoms with van der Waals surface area (Å²) in [4.78, 5) is 0. The number of rotatable bonds is 4. The second-order valence-electron chi connectivity index (χ2n) is 5.26. The van der Waals surface area contributed by atoms with Crippen LogP contribution >= 0.6 is 15.9 Å². The van der Waals surface area contributed by atoms with Crippen molar-refractivity contribution in [2.75, 3.05) is 0 Å². The smallest absolute Gasteiger partial charge is 0.123 e. The molecule has 5 heteroatoms. The number of hydrogen-bond donors (Lipinski definition) is 1. The van der Waals surface area contributed by atoms with Gasteiger partial charge in [-0.15, -0.1) is 0 Å². The maximum absolute atomic E-state index is 13.0. The van der Waals surface area contributed by atoms with Gasteiger partial charge in [-0.3, -0.25) is 4.68 Å². The van der Waals surface area contributed by atoms with Gasteiger partial charge in [0.15, 0.2) is 0 Å². The van der Waals surface area contributed by atoms with E-state index in [9.17, 15) is 4.39 Å². The van der Waals surface area contributed by atoms with Gasteiger partial charge in [-0.05, 0) is 54.4 Å². The molecule has 1 aromatic heterocycles. The summed E-state index contributed by atoms with van der Waals surface area (Å²) in [5.41, 5.74) is 8.80. The van der Waals surface area contributed by atoms with Crippen LogP contribution in [0.5, 0.6) is 0 Å². The predicted octanol–water partition coefficient (Wildman–Crippen LogP) is 3.53. The van der Waals surface area contributed by atoms with Gasteiger partial charge in [0.05, 0.1) is 15.9 Å². The van der Waals surface area contributed by atoms with Crippen LogP contribution in [-0.4, -0.2) is 9.78 Å². The average Bonchev–Trinajstić information content (AvgIpc) is 2.66. The molecule has 3 nitrogen and oxygen atoms in total. The highest BCUT2D eigenvalue weighted by Gasteiger charge is 2.26. The maximum atomic E-state index is 13.0. The fraction of sp³-hybridized carbons (Fsp3) is 0.400. The molecule has 20 heavy (non-hydrogen) atoms. The van der Waals surface area contributed by atoms with Crippen molar-refractivity contribution in [3.8, 4) is 0 Å². The molecule has 1 heterocycles. The monoisotopic (exact) mass is 339 g/mol. The van der Waals surface area contributed by atoms with Crippen molar-refractivity contribution in [3.05, 3.63) is 51.5 Å². The fourth-order valence-electron chi connectivity index (χ4n) is 2.32. The van der Waals surface area contributed by atoms with E-state index < -0.39 is 5.54 Å². The number of halogens is 2. The summed E-state index contributed by atoms with van der Waals surface area (Å²) in [7, 11) is 0. The molecule has 0 aliphatic rings. The van der Waals surface area contributed by atoms with Gasteiger partial charge in [-0.2, -0.15) is 5.10 Å². The van der Waals surface area contributed by atoms with E-state index in [1.54, 1.807) is 12.1 Å². The van der Waals surface area contributed by atoms with Gasteiger partial charge in [0.1, 0.15) is 5.82 Å². The Labute approximate surface area is 127 Å². The third kappa shape index (κ3) is 2.94. The number of benzene rings is 1. The Bertz CT molecular complexity index is 602. The van der Waals surface area contributed by atoms with E-state index in [1.807, 2.05) is 25.5 Å². The van der Waals surface area contributed by atoms with E-state index in [2.05, 4.69) is 21.0 Å². The first-order valence-corrected chi connectivity index (χ1v) is 7.41. The van der Waals surface area contributed by atoms with Crippen LogP contribution in [0.4, 0.5) is 4.39 Å². The van der Waals surface area contributed by atoms with Crippen molar-refractivity contribution < 1.29 is 4.39 Å². The standard InChI is InChI=1S/C15H19BrFN3/c1-4-20-13(14(16)10(2)19-20)9-15(3,18)11-5-7-12(17)8-6-11/h5-8H,4,9,18H2,1-3H3. The van der Waals surface area contributed by atoms with E-state index in [0.29, 0.717) is 6.42 Å². The third-order valence-electron chi connectivity index (χ3n) is 3.49. The number of nitrogens with two attached hydrogens (primary N) is 1. The molecule has 0 radical (unpaired) electrons. The van der Waals surface area contributed by atoms with Crippen molar-refractivity contribution in [1.82, 2.24) is 9.78 Å². The maximum Gasteiger partial charge on any atom is 0.123 e. The summed E-state index contributed by atoms with van der Waals surface area (Å²) >= 11 is 3.58. The van der Waals surface area contributed by atoms with Gasteiger partial charge in [0.2, 0.25) is 0 Å². The van der Waals surface area contributed by atoms with Crippen LogP contribution in [0, 0.1) is 12.7 Å². The Kier molecular flexibility index (Phi) is 4.30. The van der Waals surface area contributed by atoms with Gasteiger partial charge in [0, 0.05) is 18.5 Å². The summed E-state index contributed by atoms with van der Waals surface area (Å²) in [5, 5.41) is 4.47. The minimum absolute atomic E-state index is 0.250. The van der Waals surface area contributed by atoms with Crippen LogP contribution in [0.1, 0.15) is 30.8 Å². The summed E-state index contributed by atoms with van der Waals surface area (Å²) in [6.07, 6.45) is 0.633. The molecule has 0 aliphatic heterocycles. The van der Waals surface area contributed by atoms with Crippen molar-refractivity contribution in [1.29, 1.82) is 0 Å². The van der Waals surface area contributed by atoms with Crippen LogP contribution in [0.2, 0.25) is 0 Å². The van der Waals surface area contributed by atoms with Crippen molar-refractivity contribution >= 4 is 15.9 Å². The zero-order valence-corrected chi connectivity index (χ0v) is 13.5. The van der Waals surface area contributed by atoms with Crippen LogP contribution in [0.3, 0.4) is 0 Å². The summed E-state index contributed by atoms with van der Waals surface area (Å²) in [6.45, 7) is 6.76. The SMILES string of the molecule is CCn1nc(C)c(Br)c1CC(C)(N)c1ccc(F)cc1. The van der Waals surface area contributed by atoms with Crippen LogP contribution < -0.4 is 5.73 Å². The third-order valence-corrected chi connectivity index (χ3v) is 4.52. The van der Waals surface area contributed by atoms with Crippen molar-refractivity contribution in [2.24, 2.45) is 5.73 Å². The molecule has 2 aromatic rings. The molecule has 108 valence electrons. The molecule has 2 N–H and O–H groups in total. The Balaban J connectivity index is 2.35. The number of nitrogens with zero attached hydrogens (tertiary/aromatic N) is 2. The van der Waals surface area contributed by atoms with E-state index in [1.165, 1.54) is 12.1 Å². The molecule has 2 rings (SSSR count). The van der Waals surface area contributed by atoms with E-state index in [0.717, 1.165) is 28.0 Å². The zero-order valence-electron chi connectivity index (χ0n) is 12.0. The van der Waals surface area contributed by atoms with E-state index in [-0.39, 0.29) is 5.82 Å². The first kappa shape index (κ1) is 15.2. The van der Waals surface area contributed by atoms with E-state index in [4.69, 9.17) is 5.73 Å². The molecule has 0 fully saturated rings. The predicted molar refractivity (Wildman–Crippen MR) is 82.0 cm³/mol. The molecule has 0 aliphatic carbocycles. The quantitative estimate of drug-likeness (QED) is 0.925. The lowest BCUT2D eigenvalue weighted by molar-refractivity contribution is 0.462. The van der Waals surface area contributed by atoms with Gasteiger partial charge in [-0.25, -0.2) is 4.39 Å². The first-order valence-electron chi connectivity index (χ1n) is 6.62. The molecule has 0 bridgehead atoms. The second kappa shape index (κ2) is 5.66. The first-order chi connectivity index (χ1) is 9.35. The zero-order chi connectivity index (χ0) is 14.9. The molecular weight excluding hydrogens is 321 g/mol. The largest absolute Gasteiger partial charge is 0.321 e. The number of hydrogen-bond acceptors (Lipinski definition) is 2. The Hall–Kier alpha value is -1.20. The number of aryl methyl sites for hydroxylation is 2. The summed E-state index contributed by atoms with van der Waals surface area (Å²) < 4.78 is 16.0. The van der Waals surface area contributed by atoms with Crippen LogP contribution in [-0.2, 0) is 18.5 Å². The van der Waals surface area contributed by atoms with Crippen molar-refractivity contribution in [2.45, 2.75) is 39.3 Å². The Morgan fingerprint density at radius 2 is 1.95 bits per heavy atom. The molecule has 0 saturated heterocycles. The second-order valence-corrected chi connectivity index (χ2v) is 6.06. The van der Waals surface area contributed by atoms with Crippen LogP contribution in [0.15, 0.2) is 28.7 Å². The lowest BCUT2D eigenvalue weighted by atomic mass is 9.88.